The number of aromatic nitrogens is 1. The van der Waals surface area contributed by atoms with Crippen LogP contribution < -0.4 is 0 Å². The number of fused-ring (bicyclic) bond motifs is 1. The summed E-state index contributed by atoms with van der Waals surface area (Å²) in [5, 5.41) is 0.0986. The van der Waals surface area contributed by atoms with Crippen molar-refractivity contribution in [2.45, 2.75) is 26.2 Å². The van der Waals surface area contributed by atoms with Crippen LogP contribution in [0.4, 0.5) is 4.39 Å². The molecule has 0 atom stereocenters. The Kier molecular flexibility index (Phi) is 2.94. The first kappa shape index (κ1) is 12.4. The summed E-state index contributed by atoms with van der Waals surface area (Å²) >= 11 is 5.84. The zero-order chi connectivity index (χ0) is 13.6. The fraction of sp³-hybridized carbons (Fsp3) is 0.267. The van der Waals surface area contributed by atoms with Gasteiger partial charge in [0.1, 0.15) is 5.82 Å². The summed E-state index contributed by atoms with van der Waals surface area (Å²) < 4.78 is 15.2. The Morgan fingerprint density at radius 3 is 2.79 bits per heavy atom. The molecule has 1 heterocycles. The van der Waals surface area contributed by atoms with Crippen LogP contribution in [0, 0.1) is 12.7 Å². The second-order valence-electron chi connectivity index (χ2n) is 4.86. The average molecular weight is 278 g/mol. The molecular formula is C15H13ClFNO. The van der Waals surface area contributed by atoms with Crippen LogP contribution in [-0.4, -0.2) is 10.4 Å². The maximum atomic E-state index is 13.2. The summed E-state index contributed by atoms with van der Waals surface area (Å²) in [5.41, 5.74) is 3.59. The zero-order valence-electron chi connectivity index (χ0n) is 10.5. The highest BCUT2D eigenvalue weighted by Crippen LogP contribution is 2.29. The number of halogens is 2. The van der Waals surface area contributed by atoms with Gasteiger partial charge in [-0.25, -0.2) is 4.39 Å². The molecule has 0 saturated heterocycles. The molecule has 1 aromatic heterocycles. The molecule has 0 spiro atoms. The van der Waals surface area contributed by atoms with Gasteiger partial charge in [0.2, 0.25) is 0 Å². The molecule has 0 radical (unpaired) electrons. The van der Waals surface area contributed by atoms with Gasteiger partial charge in [0.15, 0.2) is 5.78 Å². The highest BCUT2D eigenvalue weighted by atomic mass is 35.5. The summed E-state index contributed by atoms with van der Waals surface area (Å²) in [4.78, 5) is 11.9. The van der Waals surface area contributed by atoms with Crippen LogP contribution in [0.25, 0.3) is 5.69 Å². The summed E-state index contributed by atoms with van der Waals surface area (Å²) in [6.45, 7) is 1.95. The third kappa shape index (κ3) is 1.98. The van der Waals surface area contributed by atoms with E-state index in [4.69, 9.17) is 11.6 Å². The lowest BCUT2D eigenvalue weighted by Crippen LogP contribution is -2.12. The topological polar surface area (TPSA) is 22.0 Å². The van der Waals surface area contributed by atoms with Gasteiger partial charge in [0.25, 0.3) is 0 Å². The first-order valence-electron chi connectivity index (χ1n) is 6.28. The number of ketones is 1. The molecular weight excluding hydrogens is 265 g/mol. The number of Topliss-reactive ketones (excluding diaryl/α,β-unsaturated/α-hetero) is 1. The summed E-state index contributed by atoms with van der Waals surface area (Å²) in [7, 11) is 0. The van der Waals surface area contributed by atoms with Crippen LogP contribution in [0.5, 0.6) is 0 Å². The Bertz CT molecular complexity index is 675. The minimum absolute atomic E-state index is 0.0986. The molecule has 0 aliphatic heterocycles. The van der Waals surface area contributed by atoms with Gasteiger partial charge in [-0.15, -0.1) is 0 Å². The van der Waals surface area contributed by atoms with Gasteiger partial charge in [-0.2, -0.15) is 0 Å². The summed E-state index contributed by atoms with van der Waals surface area (Å²) in [6, 6.07) is 6.55. The van der Waals surface area contributed by atoms with E-state index in [1.54, 1.807) is 12.1 Å². The summed E-state index contributed by atoms with van der Waals surface area (Å²) in [6.07, 6.45) is 2.34. The van der Waals surface area contributed by atoms with Crippen LogP contribution in [0.3, 0.4) is 0 Å². The van der Waals surface area contributed by atoms with Gasteiger partial charge >= 0.3 is 0 Å². The third-order valence-corrected chi connectivity index (χ3v) is 3.86. The van der Waals surface area contributed by atoms with Gasteiger partial charge in [0.05, 0.1) is 5.02 Å². The lowest BCUT2D eigenvalue weighted by molar-refractivity contribution is 0.0972. The van der Waals surface area contributed by atoms with E-state index in [9.17, 15) is 9.18 Å². The van der Waals surface area contributed by atoms with Crippen molar-refractivity contribution in [1.29, 1.82) is 0 Å². The molecule has 1 aliphatic rings. The Balaban J connectivity index is 2.20. The number of nitrogens with zero attached hydrogens (tertiary/aromatic N) is 1. The normalized spacial score (nSPS) is 14.6. The molecule has 2 nitrogen and oxygen atoms in total. The number of hydrogen-bond donors (Lipinski definition) is 0. The predicted molar refractivity (Wildman–Crippen MR) is 72.7 cm³/mol. The fourth-order valence-corrected chi connectivity index (χ4v) is 2.89. The lowest BCUT2D eigenvalue weighted by atomic mass is 9.96. The molecule has 2 aromatic rings. The fourth-order valence-electron chi connectivity index (χ4n) is 2.71. The van der Waals surface area contributed by atoms with Crippen molar-refractivity contribution < 1.29 is 9.18 Å². The van der Waals surface area contributed by atoms with Crippen molar-refractivity contribution in [2.24, 2.45) is 0 Å². The van der Waals surface area contributed by atoms with E-state index in [1.165, 1.54) is 6.07 Å². The van der Waals surface area contributed by atoms with Crippen LogP contribution in [0.2, 0.25) is 5.02 Å². The van der Waals surface area contributed by atoms with Crippen LogP contribution >= 0.6 is 11.6 Å². The Hall–Kier alpha value is -1.61. The van der Waals surface area contributed by atoms with E-state index in [1.807, 2.05) is 17.6 Å². The average Bonchev–Trinajstić information content (AvgIpc) is 2.71. The standard InChI is InChI=1S/C15H13ClFNO/c1-9-7-11-14(3-2-4-15(11)19)18(9)10-5-6-13(17)12(16)8-10/h5-8H,2-4H2,1H3. The molecule has 0 bridgehead atoms. The minimum atomic E-state index is -0.430. The number of hydrogen-bond acceptors (Lipinski definition) is 1. The molecule has 1 aromatic carbocycles. The molecule has 0 amide bonds. The van der Waals surface area contributed by atoms with Crippen molar-refractivity contribution in [3.63, 3.8) is 0 Å². The van der Waals surface area contributed by atoms with Crippen LogP contribution in [0.1, 0.15) is 34.6 Å². The third-order valence-electron chi connectivity index (χ3n) is 3.57. The van der Waals surface area contributed by atoms with Crippen molar-refractivity contribution in [3.05, 3.63) is 52.1 Å². The molecule has 0 unspecified atom stereocenters. The largest absolute Gasteiger partial charge is 0.317 e. The van der Waals surface area contributed by atoms with Crippen molar-refractivity contribution in [2.75, 3.05) is 0 Å². The van der Waals surface area contributed by atoms with E-state index >= 15 is 0 Å². The van der Waals surface area contributed by atoms with E-state index in [2.05, 4.69) is 0 Å². The number of carbonyl (C=O) groups is 1. The quantitative estimate of drug-likeness (QED) is 0.769. The second-order valence-corrected chi connectivity index (χ2v) is 5.26. The van der Waals surface area contributed by atoms with Crippen LogP contribution in [0.15, 0.2) is 24.3 Å². The highest BCUT2D eigenvalue weighted by Gasteiger charge is 2.23. The van der Waals surface area contributed by atoms with Crippen LogP contribution in [-0.2, 0) is 6.42 Å². The first-order valence-corrected chi connectivity index (χ1v) is 6.65. The Labute approximate surface area is 115 Å². The van der Waals surface area contributed by atoms with Crippen molar-refractivity contribution in [1.82, 2.24) is 4.57 Å². The zero-order valence-corrected chi connectivity index (χ0v) is 11.3. The van der Waals surface area contributed by atoms with Gasteiger partial charge < -0.3 is 4.57 Å². The van der Waals surface area contributed by atoms with E-state index in [0.717, 1.165) is 35.5 Å². The predicted octanol–water partition coefficient (Wildman–Crippen LogP) is 4.10. The first-order chi connectivity index (χ1) is 9.08. The molecule has 3 rings (SSSR count). The van der Waals surface area contributed by atoms with E-state index < -0.39 is 5.82 Å². The van der Waals surface area contributed by atoms with E-state index in [-0.39, 0.29) is 10.8 Å². The molecule has 1 aliphatic carbocycles. The van der Waals surface area contributed by atoms with Crippen molar-refractivity contribution in [3.8, 4) is 5.69 Å². The molecule has 19 heavy (non-hydrogen) atoms. The minimum Gasteiger partial charge on any atom is -0.317 e. The maximum absolute atomic E-state index is 13.2. The Morgan fingerprint density at radius 2 is 2.05 bits per heavy atom. The van der Waals surface area contributed by atoms with E-state index in [0.29, 0.717) is 6.42 Å². The number of rotatable bonds is 1. The summed E-state index contributed by atoms with van der Waals surface area (Å²) in [5.74, 6) is -0.239. The second kappa shape index (κ2) is 4.49. The smallest absolute Gasteiger partial charge is 0.164 e. The molecule has 98 valence electrons. The van der Waals surface area contributed by atoms with Gasteiger partial charge in [0, 0.05) is 29.1 Å². The number of aryl methyl sites for hydroxylation is 1. The lowest BCUT2D eigenvalue weighted by Gasteiger charge is -2.16. The van der Waals surface area contributed by atoms with Gasteiger partial charge in [-0.3, -0.25) is 4.79 Å². The monoisotopic (exact) mass is 277 g/mol. The molecule has 4 heteroatoms. The SMILES string of the molecule is Cc1cc2c(n1-c1ccc(F)c(Cl)c1)CCCC2=O. The van der Waals surface area contributed by atoms with Gasteiger partial charge in [-0.1, -0.05) is 11.6 Å². The Morgan fingerprint density at radius 1 is 1.26 bits per heavy atom. The number of carbonyl (C=O) groups excluding carboxylic acids is 1. The number of benzene rings is 1. The molecule has 0 saturated carbocycles. The maximum Gasteiger partial charge on any atom is 0.164 e. The highest BCUT2D eigenvalue weighted by molar-refractivity contribution is 6.30. The molecule has 0 fully saturated rings. The molecule has 0 N–H and O–H groups in total. The van der Waals surface area contributed by atoms with Crippen molar-refractivity contribution >= 4 is 17.4 Å². The van der Waals surface area contributed by atoms with Gasteiger partial charge in [-0.05, 0) is 44.0 Å².